The number of carbonyl (C=O) groups excluding carboxylic acids is 1. The van der Waals surface area contributed by atoms with E-state index in [1.165, 1.54) is 12.1 Å². The van der Waals surface area contributed by atoms with E-state index in [9.17, 15) is 13.2 Å². The van der Waals surface area contributed by atoms with Crippen molar-refractivity contribution in [3.8, 4) is 6.07 Å². The molecule has 0 bridgehead atoms. The van der Waals surface area contributed by atoms with Crippen LogP contribution in [0.3, 0.4) is 0 Å². The predicted molar refractivity (Wildman–Crippen MR) is 68.5 cm³/mol. The van der Waals surface area contributed by atoms with E-state index >= 15 is 0 Å². The molecule has 1 atom stereocenters. The average Bonchev–Trinajstić information content (AvgIpc) is 2.72. The SMILES string of the molecule is Cc1ccc(S(=O)(=O)N2C(=O)CC[C@H]2CC#N)cc1. The standard InChI is InChI=1S/C13H14N2O3S/c1-10-2-5-12(6-3-10)19(17,18)15-11(8-9-14)4-7-13(15)16/h2-3,5-6,11H,4,7-8H2,1H3/t11-/m0/s1. The molecule has 0 aliphatic carbocycles. The van der Waals surface area contributed by atoms with E-state index < -0.39 is 22.0 Å². The van der Waals surface area contributed by atoms with Crippen LogP contribution in [0.25, 0.3) is 0 Å². The number of nitriles is 1. The second kappa shape index (κ2) is 5.02. The minimum atomic E-state index is -3.84. The van der Waals surface area contributed by atoms with Crippen LogP contribution < -0.4 is 0 Å². The summed E-state index contributed by atoms with van der Waals surface area (Å²) in [5.74, 6) is -0.430. The van der Waals surface area contributed by atoms with Gasteiger partial charge in [-0.15, -0.1) is 0 Å². The van der Waals surface area contributed by atoms with Crippen LogP contribution in [-0.2, 0) is 14.8 Å². The Morgan fingerprint density at radius 2 is 2.00 bits per heavy atom. The van der Waals surface area contributed by atoms with Crippen molar-refractivity contribution in [1.82, 2.24) is 4.31 Å². The number of hydrogen-bond donors (Lipinski definition) is 0. The first kappa shape index (κ1) is 13.6. The highest BCUT2D eigenvalue weighted by Gasteiger charge is 2.40. The van der Waals surface area contributed by atoms with Gasteiger partial charge in [-0.05, 0) is 25.5 Å². The molecule has 1 heterocycles. The van der Waals surface area contributed by atoms with Crippen molar-refractivity contribution in [1.29, 1.82) is 5.26 Å². The third-order valence-corrected chi connectivity index (χ3v) is 5.06. The number of hydrogen-bond acceptors (Lipinski definition) is 4. The van der Waals surface area contributed by atoms with Crippen molar-refractivity contribution in [2.24, 2.45) is 0 Å². The smallest absolute Gasteiger partial charge is 0.266 e. The summed E-state index contributed by atoms with van der Waals surface area (Å²) >= 11 is 0. The number of carbonyl (C=O) groups is 1. The first-order valence-electron chi connectivity index (χ1n) is 5.97. The van der Waals surface area contributed by atoms with Gasteiger partial charge >= 0.3 is 0 Å². The lowest BCUT2D eigenvalue weighted by atomic mass is 10.2. The Morgan fingerprint density at radius 1 is 1.37 bits per heavy atom. The Morgan fingerprint density at radius 3 is 2.58 bits per heavy atom. The highest BCUT2D eigenvalue weighted by atomic mass is 32.2. The van der Waals surface area contributed by atoms with Crippen LogP contribution in [0.4, 0.5) is 0 Å². The molecule has 1 aliphatic heterocycles. The van der Waals surface area contributed by atoms with Gasteiger partial charge in [-0.3, -0.25) is 4.79 Å². The molecule has 0 radical (unpaired) electrons. The quantitative estimate of drug-likeness (QED) is 0.841. The maximum Gasteiger partial charge on any atom is 0.266 e. The minimum Gasteiger partial charge on any atom is -0.274 e. The van der Waals surface area contributed by atoms with Crippen LogP contribution in [0.15, 0.2) is 29.2 Å². The molecule has 0 aromatic heterocycles. The summed E-state index contributed by atoms with van der Waals surface area (Å²) < 4.78 is 25.8. The second-order valence-corrected chi connectivity index (χ2v) is 6.38. The highest BCUT2D eigenvalue weighted by Crippen LogP contribution is 2.28. The number of rotatable bonds is 3. The Hall–Kier alpha value is -1.87. The number of sulfonamides is 1. The van der Waals surface area contributed by atoms with Gasteiger partial charge < -0.3 is 0 Å². The van der Waals surface area contributed by atoms with Crippen LogP contribution in [0.5, 0.6) is 0 Å². The lowest BCUT2D eigenvalue weighted by Gasteiger charge is -2.22. The summed E-state index contributed by atoms with van der Waals surface area (Å²) in [6.07, 6.45) is 0.631. The monoisotopic (exact) mass is 278 g/mol. The van der Waals surface area contributed by atoms with Crippen molar-refractivity contribution in [2.75, 3.05) is 0 Å². The molecular weight excluding hydrogens is 264 g/mol. The molecule has 5 nitrogen and oxygen atoms in total. The maximum atomic E-state index is 12.4. The van der Waals surface area contributed by atoms with Gasteiger partial charge in [0.1, 0.15) is 0 Å². The lowest BCUT2D eigenvalue weighted by Crippen LogP contribution is -2.38. The highest BCUT2D eigenvalue weighted by molar-refractivity contribution is 7.89. The molecule has 1 saturated heterocycles. The zero-order valence-corrected chi connectivity index (χ0v) is 11.4. The van der Waals surface area contributed by atoms with E-state index in [-0.39, 0.29) is 17.7 Å². The van der Waals surface area contributed by atoms with Gasteiger partial charge in [-0.25, -0.2) is 12.7 Å². The average molecular weight is 278 g/mol. The number of nitrogens with zero attached hydrogens (tertiary/aromatic N) is 2. The lowest BCUT2D eigenvalue weighted by molar-refractivity contribution is -0.124. The van der Waals surface area contributed by atoms with Crippen molar-refractivity contribution in [3.63, 3.8) is 0 Å². The first-order valence-corrected chi connectivity index (χ1v) is 7.41. The fraction of sp³-hybridized carbons (Fsp3) is 0.385. The van der Waals surface area contributed by atoms with E-state index in [1.807, 2.05) is 13.0 Å². The van der Waals surface area contributed by atoms with Crippen LogP contribution in [0, 0.1) is 18.3 Å². The van der Waals surface area contributed by atoms with Crippen LogP contribution in [0.2, 0.25) is 0 Å². The van der Waals surface area contributed by atoms with Gasteiger partial charge in [0.25, 0.3) is 10.0 Å². The number of aryl methyl sites for hydroxylation is 1. The van der Waals surface area contributed by atoms with Gasteiger partial charge in [0.15, 0.2) is 0 Å². The van der Waals surface area contributed by atoms with Crippen LogP contribution >= 0.6 is 0 Å². The normalized spacial score (nSPS) is 19.5. The second-order valence-electron chi connectivity index (χ2n) is 4.56. The topological polar surface area (TPSA) is 78.2 Å². The van der Waals surface area contributed by atoms with Gasteiger partial charge in [-0.2, -0.15) is 5.26 Å². The molecule has 19 heavy (non-hydrogen) atoms. The summed E-state index contributed by atoms with van der Waals surface area (Å²) in [4.78, 5) is 11.9. The summed E-state index contributed by atoms with van der Waals surface area (Å²) in [5.41, 5.74) is 0.945. The van der Waals surface area contributed by atoms with Gasteiger partial charge in [0.05, 0.1) is 23.4 Å². The first-order chi connectivity index (χ1) is 8.96. The molecule has 100 valence electrons. The molecule has 0 saturated carbocycles. The van der Waals surface area contributed by atoms with Crippen molar-refractivity contribution >= 4 is 15.9 Å². The molecule has 1 fully saturated rings. The summed E-state index contributed by atoms with van der Waals surface area (Å²) in [5, 5.41) is 8.72. The fourth-order valence-corrected chi connectivity index (χ4v) is 3.80. The fourth-order valence-electron chi connectivity index (χ4n) is 2.17. The molecular formula is C13H14N2O3S. The minimum absolute atomic E-state index is 0.0385. The molecule has 2 rings (SSSR count). The van der Waals surface area contributed by atoms with Crippen molar-refractivity contribution in [3.05, 3.63) is 29.8 Å². The third kappa shape index (κ3) is 2.47. The number of benzene rings is 1. The summed E-state index contributed by atoms with van der Waals surface area (Å²) in [7, 11) is -3.84. The maximum absolute atomic E-state index is 12.4. The molecule has 6 heteroatoms. The van der Waals surface area contributed by atoms with Crippen LogP contribution in [-0.4, -0.2) is 24.7 Å². The summed E-state index contributed by atoms with van der Waals surface area (Å²) in [6.45, 7) is 1.86. The largest absolute Gasteiger partial charge is 0.274 e. The third-order valence-electron chi connectivity index (χ3n) is 3.17. The zero-order valence-electron chi connectivity index (χ0n) is 10.5. The molecule has 0 N–H and O–H groups in total. The van der Waals surface area contributed by atoms with E-state index in [0.29, 0.717) is 6.42 Å². The van der Waals surface area contributed by atoms with E-state index in [4.69, 9.17) is 5.26 Å². The molecule has 1 aromatic rings. The van der Waals surface area contributed by atoms with E-state index in [0.717, 1.165) is 9.87 Å². The van der Waals surface area contributed by atoms with Crippen molar-refractivity contribution < 1.29 is 13.2 Å². The summed E-state index contributed by atoms with van der Waals surface area (Å²) in [6, 6.07) is 7.74. The van der Waals surface area contributed by atoms with Gasteiger partial charge in [0.2, 0.25) is 5.91 Å². The molecule has 1 aromatic carbocycles. The van der Waals surface area contributed by atoms with Gasteiger partial charge in [-0.1, -0.05) is 17.7 Å². The molecule has 1 amide bonds. The molecule has 0 spiro atoms. The van der Waals surface area contributed by atoms with E-state index in [1.54, 1.807) is 12.1 Å². The van der Waals surface area contributed by atoms with Crippen molar-refractivity contribution in [2.45, 2.75) is 37.1 Å². The number of amides is 1. The zero-order chi connectivity index (χ0) is 14.0. The molecule has 1 aliphatic rings. The van der Waals surface area contributed by atoms with Crippen LogP contribution in [0.1, 0.15) is 24.8 Å². The predicted octanol–water partition coefficient (Wildman–Crippen LogP) is 1.59. The molecule has 0 unspecified atom stereocenters. The Kier molecular flexibility index (Phi) is 3.58. The Bertz CT molecular complexity index is 629. The Balaban J connectivity index is 2.40. The van der Waals surface area contributed by atoms with E-state index in [2.05, 4.69) is 0 Å². The Labute approximate surface area is 112 Å². The van der Waals surface area contributed by atoms with Gasteiger partial charge in [0, 0.05) is 6.42 Å².